The molecule has 3 atom stereocenters. The molecule has 0 bridgehead atoms. The van der Waals surface area contributed by atoms with E-state index in [4.69, 9.17) is 0 Å². The van der Waals surface area contributed by atoms with E-state index >= 15 is 0 Å². The van der Waals surface area contributed by atoms with Crippen molar-refractivity contribution in [1.29, 1.82) is 0 Å². The van der Waals surface area contributed by atoms with Crippen LogP contribution in [0.5, 0.6) is 5.75 Å². The molecule has 0 radical (unpaired) electrons. The fourth-order valence-electron chi connectivity index (χ4n) is 2.90. The Hall–Kier alpha value is -0.910. The van der Waals surface area contributed by atoms with Crippen LogP contribution in [0.25, 0.3) is 0 Å². The van der Waals surface area contributed by atoms with Crippen LogP contribution < -0.4 is 10.1 Å². The van der Waals surface area contributed by atoms with Crippen molar-refractivity contribution < 1.29 is 17.9 Å². The van der Waals surface area contributed by atoms with Crippen LogP contribution >= 0.6 is 15.9 Å². The van der Waals surface area contributed by atoms with Gasteiger partial charge in [-0.3, -0.25) is 0 Å². The summed E-state index contributed by atoms with van der Waals surface area (Å²) in [5, 5.41) is 3.22. The van der Waals surface area contributed by atoms with Gasteiger partial charge in [-0.25, -0.2) is 0 Å². The Balaban J connectivity index is 2.15. The third-order valence-corrected chi connectivity index (χ3v) is 4.44. The number of anilines is 1. The van der Waals surface area contributed by atoms with Crippen LogP contribution in [-0.2, 0) is 0 Å². The molecule has 1 aliphatic rings. The van der Waals surface area contributed by atoms with Gasteiger partial charge in [0.2, 0.25) is 0 Å². The Morgan fingerprint density at radius 3 is 2.57 bits per heavy atom. The van der Waals surface area contributed by atoms with E-state index in [-0.39, 0.29) is 11.8 Å². The molecule has 0 aromatic heterocycles. The minimum Gasteiger partial charge on any atom is -0.404 e. The van der Waals surface area contributed by atoms with Gasteiger partial charge >= 0.3 is 6.36 Å². The molecule has 0 amide bonds. The quantitative estimate of drug-likeness (QED) is 0.754. The van der Waals surface area contributed by atoms with Crippen molar-refractivity contribution in [2.75, 3.05) is 5.32 Å². The summed E-state index contributed by atoms with van der Waals surface area (Å²) in [6, 6.07) is 4.85. The molecule has 1 fully saturated rings. The SMILES string of the molecule is CC1CCC(Nc2ccc(Br)cc2OC(F)(F)F)C(C)C1. The molecule has 3 unspecified atom stereocenters. The van der Waals surface area contributed by atoms with Gasteiger partial charge < -0.3 is 10.1 Å². The standard InChI is InChI=1S/C15H19BrF3NO/c1-9-3-5-12(10(2)7-9)20-13-6-4-11(16)8-14(13)21-15(17,18)19/h4,6,8-10,12,20H,3,5,7H2,1-2H3. The molecular formula is C15H19BrF3NO. The highest BCUT2D eigenvalue weighted by molar-refractivity contribution is 9.10. The van der Waals surface area contributed by atoms with Crippen LogP contribution in [0, 0.1) is 11.8 Å². The number of hydrogen-bond acceptors (Lipinski definition) is 2. The lowest BCUT2D eigenvalue weighted by atomic mass is 9.80. The summed E-state index contributed by atoms with van der Waals surface area (Å²) in [4.78, 5) is 0. The van der Waals surface area contributed by atoms with Crippen molar-refractivity contribution in [3.63, 3.8) is 0 Å². The van der Waals surface area contributed by atoms with E-state index in [2.05, 4.69) is 39.8 Å². The minimum atomic E-state index is -4.69. The van der Waals surface area contributed by atoms with Gasteiger partial charge in [-0.15, -0.1) is 13.2 Å². The molecule has 6 heteroatoms. The summed E-state index contributed by atoms with van der Waals surface area (Å²) >= 11 is 3.17. The van der Waals surface area contributed by atoms with E-state index in [0.717, 1.165) is 19.3 Å². The van der Waals surface area contributed by atoms with Crippen LogP contribution in [0.1, 0.15) is 33.1 Å². The topological polar surface area (TPSA) is 21.3 Å². The largest absolute Gasteiger partial charge is 0.573 e. The highest BCUT2D eigenvalue weighted by Gasteiger charge is 2.33. The Morgan fingerprint density at radius 1 is 1.24 bits per heavy atom. The van der Waals surface area contributed by atoms with E-state index in [1.807, 2.05) is 0 Å². The smallest absolute Gasteiger partial charge is 0.404 e. The van der Waals surface area contributed by atoms with Crippen molar-refractivity contribution in [3.05, 3.63) is 22.7 Å². The van der Waals surface area contributed by atoms with E-state index in [0.29, 0.717) is 22.0 Å². The number of hydrogen-bond donors (Lipinski definition) is 1. The molecule has 1 aromatic rings. The Morgan fingerprint density at radius 2 is 1.95 bits per heavy atom. The number of halogens is 4. The minimum absolute atomic E-state index is 0.179. The normalized spacial score (nSPS) is 26.5. The molecule has 1 aromatic carbocycles. The first-order valence-corrected chi connectivity index (χ1v) is 7.85. The second-order valence-electron chi connectivity index (χ2n) is 5.83. The molecule has 0 spiro atoms. The lowest BCUT2D eigenvalue weighted by Gasteiger charge is -2.34. The van der Waals surface area contributed by atoms with E-state index in [1.165, 1.54) is 6.07 Å². The first kappa shape index (κ1) is 16.5. The maximum atomic E-state index is 12.5. The zero-order chi connectivity index (χ0) is 15.6. The molecule has 0 saturated heterocycles. The average Bonchev–Trinajstić information content (AvgIpc) is 2.33. The number of nitrogens with one attached hydrogen (secondary N) is 1. The van der Waals surface area contributed by atoms with Crippen LogP contribution in [0.4, 0.5) is 18.9 Å². The second kappa shape index (κ2) is 6.46. The Bertz CT molecular complexity index is 492. The molecule has 0 aliphatic heterocycles. The first-order valence-electron chi connectivity index (χ1n) is 7.06. The summed E-state index contributed by atoms with van der Waals surface area (Å²) in [5.74, 6) is 0.910. The predicted molar refractivity (Wildman–Crippen MR) is 80.4 cm³/mol. The van der Waals surface area contributed by atoms with Gasteiger partial charge in [0.15, 0.2) is 5.75 Å². The number of ether oxygens (including phenoxy) is 1. The third-order valence-electron chi connectivity index (χ3n) is 3.94. The highest BCUT2D eigenvalue weighted by atomic mass is 79.9. The average molecular weight is 366 g/mol. The van der Waals surface area contributed by atoms with Gasteiger partial charge in [-0.2, -0.15) is 0 Å². The lowest BCUT2D eigenvalue weighted by molar-refractivity contribution is -0.274. The van der Waals surface area contributed by atoms with Gasteiger partial charge in [0.1, 0.15) is 0 Å². The fourth-order valence-corrected chi connectivity index (χ4v) is 3.24. The monoisotopic (exact) mass is 365 g/mol. The van der Waals surface area contributed by atoms with Gasteiger partial charge in [0.05, 0.1) is 5.69 Å². The van der Waals surface area contributed by atoms with Crippen molar-refractivity contribution in [1.82, 2.24) is 0 Å². The van der Waals surface area contributed by atoms with Gasteiger partial charge in [-0.05, 0) is 49.3 Å². The lowest BCUT2D eigenvalue weighted by Crippen LogP contribution is -2.33. The summed E-state index contributed by atoms with van der Waals surface area (Å²) < 4.78 is 42.2. The summed E-state index contributed by atoms with van der Waals surface area (Å²) in [6.07, 6.45) is -1.55. The number of rotatable bonds is 3. The predicted octanol–water partition coefficient (Wildman–Crippen LogP) is 5.58. The van der Waals surface area contributed by atoms with Crippen molar-refractivity contribution in [2.24, 2.45) is 11.8 Å². The molecule has 118 valence electrons. The summed E-state index contributed by atoms with van der Waals surface area (Å²) in [6.45, 7) is 4.35. The van der Waals surface area contributed by atoms with Crippen LogP contribution in [0.3, 0.4) is 0 Å². The maximum Gasteiger partial charge on any atom is 0.573 e. The second-order valence-corrected chi connectivity index (χ2v) is 6.75. The molecule has 1 aliphatic carbocycles. The molecule has 1 saturated carbocycles. The zero-order valence-corrected chi connectivity index (χ0v) is 13.6. The van der Waals surface area contributed by atoms with Gasteiger partial charge in [0, 0.05) is 10.5 Å². The first-order chi connectivity index (χ1) is 9.74. The molecule has 21 heavy (non-hydrogen) atoms. The molecule has 1 N–H and O–H groups in total. The van der Waals surface area contributed by atoms with Crippen molar-refractivity contribution in [3.8, 4) is 5.75 Å². The number of alkyl halides is 3. The van der Waals surface area contributed by atoms with Crippen molar-refractivity contribution >= 4 is 21.6 Å². The van der Waals surface area contributed by atoms with E-state index < -0.39 is 6.36 Å². The van der Waals surface area contributed by atoms with Crippen LogP contribution in [0.2, 0.25) is 0 Å². The van der Waals surface area contributed by atoms with E-state index in [1.54, 1.807) is 12.1 Å². The van der Waals surface area contributed by atoms with E-state index in [9.17, 15) is 13.2 Å². The van der Waals surface area contributed by atoms with Crippen LogP contribution in [-0.4, -0.2) is 12.4 Å². The van der Waals surface area contributed by atoms with Crippen molar-refractivity contribution in [2.45, 2.75) is 45.5 Å². The maximum absolute atomic E-state index is 12.5. The molecular weight excluding hydrogens is 347 g/mol. The molecule has 0 heterocycles. The molecule has 2 nitrogen and oxygen atoms in total. The molecule has 2 rings (SSSR count). The highest BCUT2D eigenvalue weighted by Crippen LogP contribution is 2.36. The fraction of sp³-hybridized carbons (Fsp3) is 0.600. The van der Waals surface area contributed by atoms with Gasteiger partial charge in [0.25, 0.3) is 0 Å². The van der Waals surface area contributed by atoms with Crippen LogP contribution in [0.15, 0.2) is 22.7 Å². The zero-order valence-electron chi connectivity index (χ0n) is 12.0. The third kappa shape index (κ3) is 4.80. The number of benzene rings is 1. The Labute approximate surface area is 131 Å². The summed E-state index contributed by atoms with van der Waals surface area (Å²) in [5.41, 5.74) is 0.391. The Kier molecular flexibility index (Phi) is 5.07. The summed E-state index contributed by atoms with van der Waals surface area (Å²) in [7, 11) is 0. The van der Waals surface area contributed by atoms with Gasteiger partial charge in [-0.1, -0.05) is 29.8 Å².